The lowest BCUT2D eigenvalue weighted by Gasteiger charge is -2.30. The molecular weight excluding hydrogens is 458 g/mol. The first-order valence-corrected chi connectivity index (χ1v) is 13.8. The topological polar surface area (TPSA) is 95.6 Å². The summed E-state index contributed by atoms with van der Waals surface area (Å²) in [5, 5.41) is 5.80. The minimum atomic E-state index is -3.59. The van der Waals surface area contributed by atoms with E-state index in [2.05, 4.69) is 10.6 Å². The van der Waals surface area contributed by atoms with E-state index in [1.807, 2.05) is 20.1 Å². The van der Waals surface area contributed by atoms with Gasteiger partial charge in [0, 0.05) is 29.9 Å². The molecule has 178 valence electrons. The molecule has 1 saturated heterocycles. The van der Waals surface area contributed by atoms with Gasteiger partial charge in [0.05, 0.1) is 16.1 Å². The maximum atomic E-state index is 13.0. The van der Waals surface area contributed by atoms with Crippen LogP contribution in [0.3, 0.4) is 0 Å². The number of rotatable bonds is 8. The minimum Gasteiger partial charge on any atom is -0.350 e. The summed E-state index contributed by atoms with van der Waals surface area (Å²) in [6, 6.07) is 13.8. The van der Waals surface area contributed by atoms with Crippen LogP contribution in [0.15, 0.2) is 58.3 Å². The number of piperidine rings is 1. The summed E-state index contributed by atoms with van der Waals surface area (Å²) in [5.41, 5.74) is 0.882. The van der Waals surface area contributed by atoms with E-state index in [0.717, 1.165) is 11.3 Å². The fourth-order valence-electron chi connectivity index (χ4n) is 3.68. The zero-order valence-electron chi connectivity index (χ0n) is 19.2. The van der Waals surface area contributed by atoms with Crippen LogP contribution >= 0.6 is 11.8 Å². The molecule has 0 aromatic heterocycles. The van der Waals surface area contributed by atoms with Crippen LogP contribution < -0.4 is 10.6 Å². The zero-order chi connectivity index (χ0) is 24.0. The quantitative estimate of drug-likeness (QED) is 0.547. The first-order chi connectivity index (χ1) is 15.8. The largest absolute Gasteiger partial charge is 0.350 e. The number of nitrogens with one attached hydrogen (secondary N) is 2. The first kappa shape index (κ1) is 25.3. The lowest BCUT2D eigenvalue weighted by molar-refractivity contribution is -0.120. The predicted octanol–water partition coefficient (Wildman–Crippen LogP) is 3.98. The third kappa shape index (κ3) is 6.16. The molecule has 1 heterocycles. The van der Waals surface area contributed by atoms with E-state index in [9.17, 15) is 18.0 Å². The summed E-state index contributed by atoms with van der Waals surface area (Å²) in [6.07, 6.45) is 3.60. The van der Waals surface area contributed by atoms with Crippen LogP contribution in [0.2, 0.25) is 0 Å². The molecule has 2 aromatic rings. The molecule has 2 N–H and O–H groups in total. The molecule has 1 aliphatic rings. The Bertz CT molecular complexity index is 1080. The van der Waals surface area contributed by atoms with Gasteiger partial charge in [-0.1, -0.05) is 19.1 Å². The average Bonchev–Trinajstić information content (AvgIpc) is 2.84. The maximum absolute atomic E-state index is 13.0. The molecule has 0 saturated carbocycles. The van der Waals surface area contributed by atoms with Gasteiger partial charge in [-0.05, 0) is 68.8 Å². The van der Waals surface area contributed by atoms with E-state index in [1.165, 1.54) is 4.31 Å². The van der Waals surface area contributed by atoms with Gasteiger partial charge in [-0.25, -0.2) is 8.42 Å². The van der Waals surface area contributed by atoms with Crippen molar-refractivity contribution in [2.45, 2.75) is 48.9 Å². The number of carbonyl (C=O) groups excluding carboxylic acids is 2. The molecule has 0 spiro atoms. The predicted molar refractivity (Wildman–Crippen MR) is 132 cm³/mol. The van der Waals surface area contributed by atoms with Crippen molar-refractivity contribution < 1.29 is 18.0 Å². The van der Waals surface area contributed by atoms with Crippen molar-refractivity contribution in [2.75, 3.05) is 24.7 Å². The number of para-hydroxylation sites is 1. The van der Waals surface area contributed by atoms with Gasteiger partial charge in [-0.2, -0.15) is 4.31 Å². The Balaban J connectivity index is 1.63. The summed E-state index contributed by atoms with van der Waals surface area (Å²) >= 11 is 1.56. The van der Waals surface area contributed by atoms with E-state index in [1.54, 1.807) is 60.3 Å². The van der Waals surface area contributed by atoms with Crippen molar-refractivity contribution in [2.24, 2.45) is 5.92 Å². The Hall–Kier alpha value is -2.36. The highest BCUT2D eigenvalue weighted by Gasteiger charge is 2.32. The highest BCUT2D eigenvalue weighted by atomic mass is 32.2. The summed E-state index contributed by atoms with van der Waals surface area (Å²) in [4.78, 5) is 26.8. The van der Waals surface area contributed by atoms with Crippen molar-refractivity contribution in [3.8, 4) is 0 Å². The number of amides is 2. The Morgan fingerprint density at radius 1 is 1.09 bits per heavy atom. The molecule has 0 radical (unpaired) electrons. The van der Waals surface area contributed by atoms with Crippen molar-refractivity contribution in [1.29, 1.82) is 0 Å². The fraction of sp³-hybridized carbons (Fsp3) is 0.417. The number of hydrogen-bond acceptors (Lipinski definition) is 5. The van der Waals surface area contributed by atoms with Gasteiger partial charge < -0.3 is 10.6 Å². The Morgan fingerprint density at radius 2 is 1.73 bits per heavy atom. The van der Waals surface area contributed by atoms with Crippen molar-refractivity contribution >= 4 is 39.3 Å². The number of hydrogen-bond donors (Lipinski definition) is 2. The van der Waals surface area contributed by atoms with E-state index in [4.69, 9.17) is 0 Å². The fourth-order valence-corrected chi connectivity index (χ4v) is 5.56. The number of carbonyl (C=O) groups is 2. The molecule has 33 heavy (non-hydrogen) atoms. The third-order valence-electron chi connectivity index (χ3n) is 5.94. The van der Waals surface area contributed by atoms with Crippen LogP contribution in [0.1, 0.15) is 43.5 Å². The molecule has 0 bridgehead atoms. The molecule has 2 aromatic carbocycles. The highest BCUT2D eigenvalue weighted by molar-refractivity contribution is 7.98. The van der Waals surface area contributed by atoms with Gasteiger partial charge in [0.15, 0.2) is 0 Å². The molecule has 1 fully saturated rings. The Kier molecular flexibility index (Phi) is 8.56. The lowest BCUT2D eigenvalue weighted by Crippen LogP contribution is -2.41. The monoisotopic (exact) mass is 489 g/mol. The third-order valence-corrected chi connectivity index (χ3v) is 8.60. The van der Waals surface area contributed by atoms with E-state index >= 15 is 0 Å². The molecule has 1 atom stereocenters. The second kappa shape index (κ2) is 11.2. The normalized spacial score (nSPS) is 16.2. The Morgan fingerprint density at radius 3 is 2.33 bits per heavy atom. The SMILES string of the molecule is CC[C@H](C)NC(=O)c1ccccc1NC(=O)C1CCN(S(=O)(=O)c2ccc(SC)cc2)CC1. The molecule has 7 nitrogen and oxygen atoms in total. The lowest BCUT2D eigenvalue weighted by atomic mass is 9.97. The number of sulfonamides is 1. The second-order valence-electron chi connectivity index (χ2n) is 8.17. The summed E-state index contributed by atoms with van der Waals surface area (Å²) in [6.45, 7) is 4.48. The van der Waals surface area contributed by atoms with E-state index < -0.39 is 10.0 Å². The average molecular weight is 490 g/mol. The minimum absolute atomic E-state index is 0.0319. The van der Waals surface area contributed by atoms with Gasteiger partial charge >= 0.3 is 0 Å². The van der Waals surface area contributed by atoms with Gasteiger partial charge in [0.25, 0.3) is 5.91 Å². The van der Waals surface area contributed by atoms with Gasteiger partial charge in [-0.15, -0.1) is 11.8 Å². The zero-order valence-corrected chi connectivity index (χ0v) is 20.8. The molecule has 1 aliphatic heterocycles. The summed E-state index contributed by atoms with van der Waals surface area (Å²) < 4.78 is 27.4. The van der Waals surface area contributed by atoms with E-state index in [-0.39, 0.29) is 41.8 Å². The standard InChI is InChI=1S/C24H31N3O4S2/c1-4-17(2)25-24(29)21-7-5-6-8-22(21)26-23(28)18-13-15-27(16-14-18)33(30,31)20-11-9-19(32-3)10-12-20/h5-12,17-18H,4,13-16H2,1-3H3,(H,25,29)(H,26,28)/t17-/m0/s1. The van der Waals surface area contributed by atoms with Gasteiger partial charge in [0.2, 0.25) is 15.9 Å². The molecule has 9 heteroatoms. The molecular formula is C24H31N3O4S2. The maximum Gasteiger partial charge on any atom is 0.253 e. The van der Waals surface area contributed by atoms with Crippen molar-refractivity contribution in [3.05, 3.63) is 54.1 Å². The number of nitrogens with zero attached hydrogens (tertiary/aromatic N) is 1. The van der Waals surface area contributed by atoms with Crippen molar-refractivity contribution in [3.63, 3.8) is 0 Å². The van der Waals surface area contributed by atoms with Crippen LogP contribution in [0.25, 0.3) is 0 Å². The first-order valence-electron chi connectivity index (χ1n) is 11.1. The molecule has 0 unspecified atom stereocenters. The van der Waals surface area contributed by atoms with Crippen LogP contribution in [0.5, 0.6) is 0 Å². The second-order valence-corrected chi connectivity index (χ2v) is 11.0. The number of anilines is 1. The molecule has 0 aliphatic carbocycles. The van der Waals surface area contributed by atoms with Crippen molar-refractivity contribution in [1.82, 2.24) is 9.62 Å². The summed E-state index contributed by atoms with van der Waals surface area (Å²) in [7, 11) is -3.59. The highest BCUT2D eigenvalue weighted by Crippen LogP contribution is 2.27. The smallest absolute Gasteiger partial charge is 0.253 e. The van der Waals surface area contributed by atoms with Crippen LogP contribution in [-0.2, 0) is 14.8 Å². The Labute approximate surface area is 200 Å². The molecule has 2 amide bonds. The van der Waals surface area contributed by atoms with E-state index in [0.29, 0.717) is 24.1 Å². The van der Waals surface area contributed by atoms with Crippen LogP contribution in [0, 0.1) is 5.92 Å². The van der Waals surface area contributed by atoms with Crippen LogP contribution in [0.4, 0.5) is 5.69 Å². The summed E-state index contributed by atoms with van der Waals surface area (Å²) in [5.74, 6) is -0.741. The van der Waals surface area contributed by atoms with Gasteiger partial charge in [0.1, 0.15) is 0 Å². The molecule has 3 rings (SSSR count). The number of thioether (sulfide) groups is 1. The van der Waals surface area contributed by atoms with Gasteiger partial charge in [-0.3, -0.25) is 9.59 Å². The number of benzene rings is 2. The van der Waals surface area contributed by atoms with Crippen LogP contribution in [-0.4, -0.2) is 49.9 Å².